The molecule has 0 aromatic heterocycles. The van der Waals surface area contributed by atoms with Crippen LogP contribution < -0.4 is 5.32 Å². The SMILES string of the molecule is CCCCCCC/C=C\C/C=C\CCCCCCCCCCCCCCCC(=O)NC(COC1OC(CO)C(O)C(O)C1O)C(O)/C=C/CC/C=C/CC/C=C/CCCCCCCCCCCCCCCCCCC. The van der Waals surface area contributed by atoms with Gasteiger partial charge in [0, 0.05) is 6.42 Å². The highest BCUT2D eigenvalue weighted by Crippen LogP contribution is 2.23. The predicted molar refractivity (Wildman–Crippen MR) is 318 cm³/mol. The minimum atomic E-state index is -1.58. The van der Waals surface area contributed by atoms with Crippen molar-refractivity contribution in [3.63, 3.8) is 0 Å². The van der Waals surface area contributed by atoms with E-state index in [1.165, 1.54) is 225 Å². The normalized spacial score (nSPS) is 19.3. The van der Waals surface area contributed by atoms with E-state index in [9.17, 15) is 30.3 Å². The highest BCUT2D eigenvalue weighted by molar-refractivity contribution is 5.76. The molecule has 1 aliphatic heterocycles. The second kappa shape index (κ2) is 55.2. The molecule has 0 bridgehead atoms. The van der Waals surface area contributed by atoms with Crippen molar-refractivity contribution in [3.05, 3.63) is 60.8 Å². The van der Waals surface area contributed by atoms with Gasteiger partial charge in [0.1, 0.15) is 24.4 Å². The molecule has 7 unspecified atom stereocenters. The lowest BCUT2D eigenvalue weighted by molar-refractivity contribution is -0.302. The summed E-state index contributed by atoms with van der Waals surface area (Å²) in [6, 6.07) is -0.832. The maximum Gasteiger partial charge on any atom is 0.220 e. The highest BCUT2D eigenvalue weighted by atomic mass is 16.7. The van der Waals surface area contributed by atoms with Gasteiger partial charge in [-0.2, -0.15) is 0 Å². The lowest BCUT2D eigenvalue weighted by Crippen LogP contribution is -2.60. The van der Waals surface area contributed by atoms with Crippen LogP contribution in [0.2, 0.25) is 0 Å². The Morgan fingerprint density at radius 2 is 0.800 bits per heavy atom. The van der Waals surface area contributed by atoms with Crippen molar-refractivity contribution in [2.45, 2.75) is 339 Å². The predicted octanol–water partition coefficient (Wildman–Crippen LogP) is 16.6. The molecule has 1 aliphatic rings. The smallest absolute Gasteiger partial charge is 0.220 e. The van der Waals surface area contributed by atoms with Crippen molar-refractivity contribution >= 4 is 5.91 Å². The lowest BCUT2D eigenvalue weighted by Gasteiger charge is -2.40. The second-order valence-corrected chi connectivity index (χ2v) is 22.2. The summed E-state index contributed by atoms with van der Waals surface area (Å²) in [6.07, 6.45) is 68.8. The van der Waals surface area contributed by atoms with Crippen molar-refractivity contribution < 1.29 is 39.8 Å². The molecule has 1 saturated heterocycles. The molecule has 438 valence electrons. The third-order valence-electron chi connectivity index (χ3n) is 15.0. The summed E-state index contributed by atoms with van der Waals surface area (Å²) in [5, 5.41) is 54.6. The quantitative estimate of drug-likeness (QED) is 0.0261. The van der Waals surface area contributed by atoms with Crippen molar-refractivity contribution in [2.75, 3.05) is 13.2 Å². The van der Waals surface area contributed by atoms with E-state index in [-0.39, 0.29) is 12.5 Å². The lowest BCUT2D eigenvalue weighted by atomic mass is 9.99. The van der Waals surface area contributed by atoms with Crippen molar-refractivity contribution in [1.82, 2.24) is 5.32 Å². The van der Waals surface area contributed by atoms with E-state index in [0.717, 1.165) is 51.4 Å². The molecule has 0 spiro atoms. The molecule has 0 aromatic rings. The standard InChI is InChI=1S/C66H121NO8/c1-3-5-7-9-11-13-15-17-19-21-23-25-27-29-30-32-33-35-37-39-41-43-45-47-49-51-53-55-60(69)59(58-74-66-65(73)64(72)63(71)61(57-68)75-66)67-62(70)56-54-52-50-48-46-44-42-40-38-36-34-31-28-26-24-22-20-18-16-14-12-10-8-6-4-2/h16,18,22,24,37,39,45,47,53,55,59-61,63-66,68-69,71-73H,3-15,17,19-21,23,25-36,38,40-44,46,48-52,54,56-58H2,1-2H3,(H,67,70)/b18-16-,24-22-,39-37+,47-45+,55-53+. The Morgan fingerprint density at radius 3 is 1.20 bits per heavy atom. The van der Waals surface area contributed by atoms with E-state index in [4.69, 9.17) is 9.47 Å². The van der Waals surface area contributed by atoms with Crippen LogP contribution >= 0.6 is 0 Å². The van der Waals surface area contributed by atoms with Crippen LogP contribution in [0.25, 0.3) is 0 Å². The molecular formula is C66H121NO8. The molecule has 6 N–H and O–H groups in total. The number of carbonyl (C=O) groups is 1. The first-order valence-corrected chi connectivity index (χ1v) is 32.0. The third-order valence-corrected chi connectivity index (χ3v) is 15.0. The topological polar surface area (TPSA) is 149 Å². The van der Waals surface area contributed by atoms with Gasteiger partial charge in [-0.05, 0) is 77.0 Å². The summed E-state index contributed by atoms with van der Waals surface area (Å²) in [5.74, 6) is -0.190. The minimum Gasteiger partial charge on any atom is -0.394 e. The molecule has 1 fully saturated rings. The van der Waals surface area contributed by atoms with Crippen molar-refractivity contribution in [1.29, 1.82) is 0 Å². The number of aliphatic hydroxyl groups is 5. The molecule has 7 atom stereocenters. The van der Waals surface area contributed by atoms with Crippen LogP contribution in [0, 0.1) is 0 Å². The number of allylic oxidation sites excluding steroid dienone is 9. The minimum absolute atomic E-state index is 0.190. The Kier molecular flexibility index (Phi) is 52.2. The number of amides is 1. The van der Waals surface area contributed by atoms with E-state index in [2.05, 4.69) is 67.8 Å². The zero-order valence-corrected chi connectivity index (χ0v) is 48.8. The Balaban J connectivity index is 2.22. The second-order valence-electron chi connectivity index (χ2n) is 22.2. The van der Waals surface area contributed by atoms with E-state index in [1.807, 2.05) is 6.08 Å². The number of nitrogens with one attached hydrogen (secondary N) is 1. The van der Waals surface area contributed by atoms with Crippen molar-refractivity contribution in [2.24, 2.45) is 0 Å². The monoisotopic (exact) mass is 1060 g/mol. The van der Waals surface area contributed by atoms with Crippen LogP contribution in [0.1, 0.15) is 296 Å². The van der Waals surface area contributed by atoms with Gasteiger partial charge in [0.2, 0.25) is 5.91 Å². The Hall–Kier alpha value is -2.11. The Bertz CT molecular complexity index is 1360. The number of hydrogen-bond acceptors (Lipinski definition) is 8. The fourth-order valence-electron chi connectivity index (χ4n) is 9.99. The summed E-state index contributed by atoms with van der Waals surface area (Å²) >= 11 is 0. The van der Waals surface area contributed by atoms with E-state index in [1.54, 1.807) is 6.08 Å². The van der Waals surface area contributed by atoms with Gasteiger partial charge in [0.25, 0.3) is 0 Å². The van der Waals surface area contributed by atoms with E-state index < -0.39 is 49.5 Å². The number of carbonyl (C=O) groups excluding carboxylic acids is 1. The molecule has 1 amide bonds. The number of aliphatic hydroxyl groups excluding tert-OH is 5. The number of hydrogen-bond donors (Lipinski definition) is 6. The summed E-state index contributed by atoms with van der Waals surface area (Å²) < 4.78 is 11.3. The zero-order valence-electron chi connectivity index (χ0n) is 48.8. The average molecular weight is 1060 g/mol. The molecule has 0 saturated carbocycles. The number of rotatable bonds is 55. The largest absolute Gasteiger partial charge is 0.394 e. The van der Waals surface area contributed by atoms with Crippen LogP contribution in [0.4, 0.5) is 0 Å². The first kappa shape index (κ1) is 70.9. The van der Waals surface area contributed by atoms with Crippen LogP contribution in [0.3, 0.4) is 0 Å². The average Bonchev–Trinajstić information content (AvgIpc) is 3.41. The van der Waals surface area contributed by atoms with Gasteiger partial charge in [-0.1, -0.05) is 274 Å². The van der Waals surface area contributed by atoms with Gasteiger partial charge in [-0.25, -0.2) is 0 Å². The highest BCUT2D eigenvalue weighted by Gasteiger charge is 2.44. The molecule has 0 radical (unpaired) electrons. The van der Waals surface area contributed by atoms with Gasteiger partial charge in [-0.15, -0.1) is 0 Å². The third kappa shape index (κ3) is 44.4. The van der Waals surface area contributed by atoms with Crippen LogP contribution in [-0.4, -0.2) is 87.5 Å². The van der Waals surface area contributed by atoms with E-state index >= 15 is 0 Å². The summed E-state index contributed by atoms with van der Waals surface area (Å²) in [4.78, 5) is 13.1. The summed E-state index contributed by atoms with van der Waals surface area (Å²) in [5.41, 5.74) is 0. The van der Waals surface area contributed by atoms with Gasteiger partial charge in [0.05, 0.1) is 25.4 Å². The number of unbranched alkanes of at least 4 members (excludes halogenated alkanes) is 37. The van der Waals surface area contributed by atoms with E-state index in [0.29, 0.717) is 6.42 Å². The molecule has 0 aliphatic carbocycles. The first-order chi connectivity index (χ1) is 36.8. The molecule has 1 rings (SSSR count). The first-order valence-electron chi connectivity index (χ1n) is 32.0. The van der Waals surface area contributed by atoms with Crippen molar-refractivity contribution in [3.8, 4) is 0 Å². The molecule has 1 heterocycles. The van der Waals surface area contributed by atoms with Gasteiger partial charge >= 0.3 is 0 Å². The molecule has 9 nitrogen and oxygen atoms in total. The fraction of sp³-hybridized carbons (Fsp3) is 0.833. The van der Waals surface area contributed by atoms with Crippen LogP contribution in [-0.2, 0) is 14.3 Å². The van der Waals surface area contributed by atoms with Crippen LogP contribution in [0.5, 0.6) is 0 Å². The number of ether oxygens (including phenoxy) is 2. The molecule has 0 aromatic carbocycles. The Morgan fingerprint density at radius 1 is 0.453 bits per heavy atom. The summed E-state index contributed by atoms with van der Waals surface area (Å²) in [6.45, 7) is 3.78. The molecule has 75 heavy (non-hydrogen) atoms. The van der Waals surface area contributed by atoms with Gasteiger partial charge in [0.15, 0.2) is 6.29 Å². The summed E-state index contributed by atoms with van der Waals surface area (Å²) in [7, 11) is 0. The maximum absolute atomic E-state index is 13.1. The molecular weight excluding hydrogens is 935 g/mol. The van der Waals surface area contributed by atoms with Crippen LogP contribution in [0.15, 0.2) is 60.8 Å². The zero-order chi connectivity index (χ0) is 54.3. The van der Waals surface area contributed by atoms with Gasteiger partial charge in [-0.3, -0.25) is 4.79 Å². The fourth-order valence-corrected chi connectivity index (χ4v) is 9.99. The maximum atomic E-state index is 13.1. The Labute approximate surface area is 462 Å². The molecule has 9 heteroatoms. The van der Waals surface area contributed by atoms with Gasteiger partial charge < -0.3 is 40.3 Å².